The van der Waals surface area contributed by atoms with Crippen molar-refractivity contribution in [3.63, 3.8) is 0 Å². The van der Waals surface area contributed by atoms with E-state index in [4.69, 9.17) is 0 Å². The molecule has 8 heteroatoms. The summed E-state index contributed by atoms with van der Waals surface area (Å²) >= 11 is 0. The van der Waals surface area contributed by atoms with Crippen molar-refractivity contribution in [2.24, 2.45) is 4.99 Å². The number of aliphatic imine (C=N–C) groups is 1. The molecule has 0 aliphatic heterocycles. The van der Waals surface area contributed by atoms with E-state index in [-0.39, 0.29) is 11.9 Å². The van der Waals surface area contributed by atoms with Crippen molar-refractivity contribution >= 4 is 11.6 Å². The molecule has 0 amide bonds. The zero-order valence-electron chi connectivity index (χ0n) is 15.7. The minimum atomic E-state index is -0.234. The number of likely N-dealkylation sites (N-methyl/N-ethyl adjacent to an activating group) is 1. The predicted molar refractivity (Wildman–Crippen MR) is 104 cm³/mol. The monoisotopic (exact) mass is 369 g/mol. The standard InChI is InChI=1S/C19H24FN7/c1-21-19(23-13-18-25-24-17-6-4-5-11-27(17)18)22-12-16(26(2)3)14-7-9-15(20)10-8-14/h4-11,16H,12-13H2,1-3H3,(H2,21,22,23). The van der Waals surface area contributed by atoms with Gasteiger partial charge in [0.05, 0.1) is 12.6 Å². The van der Waals surface area contributed by atoms with E-state index >= 15 is 0 Å². The molecule has 7 nitrogen and oxygen atoms in total. The molecule has 0 saturated carbocycles. The first kappa shape index (κ1) is 18.8. The summed E-state index contributed by atoms with van der Waals surface area (Å²) in [5.74, 6) is 1.23. The van der Waals surface area contributed by atoms with Gasteiger partial charge in [-0.05, 0) is 43.9 Å². The van der Waals surface area contributed by atoms with E-state index in [0.29, 0.717) is 19.0 Å². The first-order valence-electron chi connectivity index (χ1n) is 8.73. The molecule has 0 aliphatic rings. The van der Waals surface area contributed by atoms with Crippen LogP contribution in [-0.4, -0.2) is 53.1 Å². The number of halogens is 1. The molecule has 1 unspecified atom stereocenters. The van der Waals surface area contributed by atoms with Gasteiger partial charge >= 0.3 is 0 Å². The van der Waals surface area contributed by atoms with E-state index in [1.807, 2.05) is 42.9 Å². The molecule has 0 radical (unpaired) electrons. The lowest BCUT2D eigenvalue weighted by atomic mass is 10.1. The van der Waals surface area contributed by atoms with Crippen molar-refractivity contribution in [1.82, 2.24) is 30.1 Å². The summed E-state index contributed by atoms with van der Waals surface area (Å²) in [6.45, 7) is 1.12. The number of aromatic nitrogens is 3. The lowest BCUT2D eigenvalue weighted by molar-refractivity contribution is 0.298. The largest absolute Gasteiger partial charge is 0.354 e. The van der Waals surface area contributed by atoms with Gasteiger partial charge in [0.1, 0.15) is 5.82 Å². The second kappa shape index (κ2) is 8.59. The van der Waals surface area contributed by atoms with Crippen molar-refractivity contribution in [3.8, 4) is 0 Å². The molecule has 0 bridgehead atoms. The number of nitrogens with zero attached hydrogens (tertiary/aromatic N) is 5. The van der Waals surface area contributed by atoms with Gasteiger partial charge in [0.15, 0.2) is 17.4 Å². The number of nitrogens with one attached hydrogen (secondary N) is 2. The fourth-order valence-electron chi connectivity index (χ4n) is 2.87. The van der Waals surface area contributed by atoms with Gasteiger partial charge in [-0.15, -0.1) is 10.2 Å². The lowest BCUT2D eigenvalue weighted by Crippen LogP contribution is -2.41. The normalized spacial score (nSPS) is 13.1. The van der Waals surface area contributed by atoms with Gasteiger partial charge in [0.25, 0.3) is 0 Å². The van der Waals surface area contributed by atoms with Crippen LogP contribution < -0.4 is 10.6 Å². The number of rotatable bonds is 6. The van der Waals surface area contributed by atoms with E-state index in [1.54, 1.807) is 19.2 Å². The van der Waals surface area contributed by atoms with Crippen LogP contribution in [0.25, 0.3) is 5.65 Å². The zero-order chi connectivity index (χ0) is 19.2. The first-order chi connectivity index (χ1) is 13.1. The number of benzene rings is 1. The fraction of sp³-hybridized carbons (Fsp3) is 0.316. The van der Waals surface area contributed by atoms with Crippen molar-refractivity contribution < 1.29 is 4.39 Å². The van der Waals surface area contributed by atoms with Gasteiger partial charge in [-0.25, -0.2) is 4.39 Å². The summed E-state index contributed by atoms with van der Waals surface area (Å²) in [7, 11) is 5.71. The lowest BCUT2D eigenvalue weighted by Gasteiger charge is -2.26. The Morgan fingerprint density at radius 1 is 1.15 bits per heavy atom. The fourth-order valence-corrected chi connectivity index (χ4v) is 2.87. The summed E-state index contributed by atoms with van der Waals surface area (Å²) in [4.78, 5) is 6.35. The maximum atomic E-state index is 13.2. The molecule has 1 aromatic carbocycles. The SMILES string of the molecule is CN=C(NCc1nnc2ccccn12)NCC(c1ccc(F)cc1)N(C)C. The van der Waals surface area contributed by atoms with Crippen molar-refractivity contribution in [1.29, 1.82) is 0 Å². The van der Waals surface area contributed by atoms with Gasteiger partial charge in [-0.1, -0.05) is 18.2 Å². The molecule has 0 aliphatic carbocycles. The average molecular weight is 369 g/mol. The Labute approximate surface area is 157 Å². The molecule has 2 aromatic heterocycles. The molecule has 3 aromatic rings. The second-order valence-corrected chi connectivity index (χ2v) is 6.38. The minimum absolute atomic E-state index is 0.0815. The van der Waals surface area contributed by atoms with Crippen LogP contribution in [0.5, 0.6) is 0 Å². The van der Waals surface area contributed by atoms with Gasteiger partial charge < -0.3 is 15.5 Å². The molecular formula is C19H24FN7. The third-order valence-corrected chi connectivity index (χ3v) is 4.36. The van der Waals surface area contributed by atoms with Crippen LogP contribution in [-0.2, 0) is 6.54 Å². The molecule has 0 spiro atoms. The molecule has 1 atom stereocenters. The number of guanidine groups is 1. The maximum Gasteiger partial charge on any atom is 0.191 e. The highest BCUT2D eigenvalue weighted by atomic mass is 19.1. The van der Waals surface area contributed by atoms with Crippen LogP contribution in [0.15, 0.2) is 53.7 Å². The average Bonchev–Trinajstić information content (AvgIpc) is 3.09. The summed E-state index contributed by atoms with van der Waals surface area (Å²) in [5, 5.41) is 14.9. The van der Waals surface area contributed by atoms with Gasteiger partial charge in [-0.3, -0.25) is 9.39 Å². The van der Waals surface area contributed by atoms with Crippen molar-refractivity contribution in [2.75, 3.05) is 27.7 Å². The van der Waals surface area contributed by atoms with Gasteiger partial charge in [-0.2, -0.15) is 0 Å². The molecule has 142 valence electrons. The van der Waals surface area contributed by atoms with E-state index < -0.39 is 0 Å². The quantitative estimate of drug-likeness (QED) is 0.513. The highest BCUT2D eigenvalue weighted by Gasteiger charge is 2.15. The highest BCUT2D eigenvalue weighted by Crippen LogP contribution is 2.17. The Kier molecular flexibility index (Phi) is 5.97. The minimum Gasteiger partial charge on any atom is -0.354 e. The molecule has 2 N–H and O–H groups in total. The number of hydrogen-bond acceptors (Lipinski definition) is 4. The van der Waals surface area contributed by atoms with E-state index in [0.717, 1.165) is 17.0 Å². The van der Waals surface area contributed by atoms with E-state index in [9.17, 15) is 4.39 Å². The predicted octanol–water partition coefficient (Wildman–Crippen LogP) is 1.84. The van der Waals surface area contributed by atoms with Gasteiger partial charge in [0.2, 0.25) is 0 Å². The Hall–Kier alpha value is -3.00. The second-order valence-electron chi connectivity index (χ2n) is 6.38. The van der Waals surface area contributed by atoms with Crippen molar-refractivity contribution in [3.05, 3.63) is 65.9 Å². The summed E-state index contributed by atoms with van der Waals surface area (Å²) in [6, 6.07) is 12.4. The molecule has 27 heavy (non-hydrogen) atoms. The Balaban J connectivity index is 1.61. The molecule has 0 fully saturated rings. The third-order valence-electron chi connectivity index (χ3n) is 4.36. The third kappa shape index (κ3) is 4.59. The highest BCUT2D eigenvalue weighted by molar-refractivity contribution is 5.79. The van der Waals surface area contributed by atoms with E-state index in [2.05, 4.69) is 30.7 Å². The van der Waals surface area contributed by atoms with Crippen LogP contribution in [0.2, 0.25) is 0 Å². The topological polar surface area (TPSA) is 69.8 Å². The van der Waals surface area contributed by atoms with Crippen LogP contribution >= 0.6 is 0 Å². The number of fused-ring (bicyclic) bond motifs is 1. The Morgan fingerprint density at radius 2 is 1.93 bits per heavy atom. The molecule has 2 heterocycles. The summed E-state index contributed by atoms with van der Waals surface area (Å²) in [5.41, 5.74) is 1.84. The summed E-state index contributed by atoms with van der Waals surface area (Å²) in [6.07, 6.45) is 1.93. The maximum absolute atomic E-state index is 13.2. The van der Waals surface area contributed by atoms with Crippen LogP contribution in [0.1, 0.15) is 17.4 Å². The Bertz CT molecular complexity index is 902. The van der Waals surface area contributed by atoms with Crippen LogP contribution in [0, 0.1) is 5.82 Å². The smallest absolute Gasteiger partial charge is 0.191 e. The van der Waals surface area contributed by atoms with Crippen LogP contribution in [0.3, 0.4) is 0 Å². The van der Waals surface area contributed by atoms with Crippen molar-refractivity contribution in [2.45, 2.75) is 12.6 Å². The first-order valence-corrected chi connectivity index (χ1v) is 8.73. The number of hydrogen-bond donors (Lipinski definition) is 2. The Morgan fingerprint density at radius 3 is 2.63 bits per heavy atom. The molecule has 3 rings (SSSR count). The number of pyridine rings is 1. The molecule has 0 saturated heterocycles. The van der Waals surface area contributed by atoms with E-state index in [1.165, 1.54) is 12.1 Å². The molecular weight excluding hydrogens is 345 g/mol. The summed E-state index contributed by atoms with van der Waals surface area (Å²) < 4.78 is 15.1. The zero-order valence-corrected chi connectivity index (χ0v) is 15.7. The van der Waals surface area contributed by atoms with Crippen LogP contribution in [0.4, 0.5) is 4.39 Å². The van der Waals surface area contributed by atoms with Gasteiger partial charge in [0, 0.05) is 19.8 Å².